The summed E-state index contributed by atoms with van der Waals surface area (Å²) in [7, 11) is 0. The van der Waals surface area contributed by atoms with Crippen LogP contribution in [0.2, 0.25) is 0 Å². The summed E-state index contributed by atoms with van der Waals surface area (Å²) >= 11 is 0. The molecule has 0 spiro atoms. The Morgan fingerprint density at radius 2 is 1.86 bits per heavy atom. The first kappa shape index (κ1) is 10.4. The van der Waals surface area contributed by atoms with E-state index in [9.17, 15) is 9.90 Å². The summed E-state index contributed by atoms with van der Waals surface area (Å²) in [6.45, 7) is 0. The molecule has 0 aliphatic rings. The molecule has 14 heavy (non-hydrogen) atoms. The minimum Gasteiger partial charge on any atom is -0.479 e. The molecule has 0 saturated carbocycles. The molecule has 2 atom stereocenters. The Labute approximate surface area is 78.8 Å². The van der Waals surface area contributed by atoms with Gasteiger partial charge in [-0.05, 0) is 0 Å². The van der Waals surface area contributed by atoms with Crippen LogP contribution < -0.4 is 5.73 Å². The summed E-state index contributed by atoms with van der Waals surface area (Å²) in [5, 5.41) is 26.7. The molecule has 0 aromatic carbocycles. The van der Waals surface area contributed by atoms with Gasteiger partial charge in [-0.1, -0.05) is 0 Å². The van der Waals surface area contributed by atoms with Gasteiger partial charge in [-0.25, -0.2) is 14.8 Å². The SMILES string of the molecule is Nc1ncc(C(O)C(O)C(=O)O)cn1. The lowest BCUT2D eigenvalue weighted by Crippen LogP contribution is -2.27. The molecule has 7 nitrogen and oxygen atoms in total. The Morgan fingerprint density at radius 3 is 2.29 bits per heavy atom. The lowest BCUT2D eigenvalue weighted by Gasteiger charge is -2.12. The highest BCUT2D eigenvalue weighted by molar-refractivity contribution is 5.73. The molecule has 0 aliphatic heterocycles. The third kappa shape index (κ3) is 2.15. The lowest BCUT2D eigenvalue weighted by molar-refractivity contribution is -0.153. The van der Waals surface area contributed by atoms with E-state index in [1.54, 1.807) is 0 Å². The molecule has 5 N–H and O–H groups in total. The molecule has 0 amide bonds. The minimum atomic E-state index is -1.90. The van der Waals surface area contributed by atoms with Crippen LogP contribution in [-0.4, -0.2) is 37.4 Å². The van der Waals surface area contributed by atoms with E-state index in [1.165, 1.54) is 0 Å². The van der Waals surface area contributed by atoms with Gasteiger partial charge in [0.2, 0.25) is 5.95 Å². The summed E-state index contributed by atoms with van der Waals surface area (Å²) in [5.41, 5.74) is 5.27. The van der Waals surface area contributed by atoms with E-state index in [1.807, 2.05) is 0 Å². The van der Waals surface area contributed by atoms with E-state index in [4.69, 9.17) is 15.9 Å². The molecular weight excluding hydrogens is 190 g/mol. The highest BCUT2D eigenvalue weighted by Crippen LogP contribution is 2.15. The van der Waals surface area contributed by atoms with Gasteiger partial charge in [-0.3, -0.25) is 0 Å². The van der Waals surface area contributed by atoms with Crippen molar-refractivity contribution in [1.82, 2.24) is 9.97 Å². The Morgan fingerprint density at radius 1 is 1.36 bits per heavy atom. The van der Waals surface area contributed by atoms with E-state index in [0.29, 0.717) is 0 Å². The van der Waals surface area contributed by atoms with Crippen molar-refractivity contribution in [3.05, 3.63) is 18.0 Å². The predicted octanol–water partition coefficient (Wildman–Crippen LogP) is -1.46. The molecule has 7 heteroatoms. The van der Waals surface area contributed by atoms with Gasteiger partial charge in [0.15, 0.2) is 6.10 Å². The van der Waals surface area contributed by atoms with Crippen molar-refractivity contribution in [2.75, 3.05) is 5.73 Å². The molecule has 0 fully saturated rings. The number of nitrogens with two attached hydrogens (primary N) is 1. The molecule has 0 radical (unpaired) electrons. The number of hydrogen-bond acceptors (Lipinski definition) is 6. The summed E-state index contributed by atoms with van der Waals surface area (Å²) in [6, 6.07) is 0. The summed E-state index contributed by atoms with van der Waals surface area (Å²) in [4.78, 5) is 17.4. The van der Waals surface area contributed by atoms with Gasteiger partial charge in [0.05, 0.1) is 0 Å². The third-order valence-electron chi connectivity index (χ3n) is 1.59. The maximum Gasteiger partial charge on any atom is 0.335 e. The average Bonchev–Trinajstić information content (AvgIpc) is 2.16. The summed E-state index contributed by atoms with van der Waals surface area (Å²) in [6.07, 6.45) is -1.16. The average molecular weight is 199 g/mol. The van der Waals surface area contributed by atoms with E-state index < -0.39 is 18.2 Å². The van der Waals surface area contributed by atoms with Crippen molar-refractivity contribution in [3.8, 4) is 0 Å². The lowest BCUT2D eigenvalue weighted by atomic mass is 10.1. The number of nitrogen functional groups attached to an aromatic ring is 1. The molecular formula is C7H9N3O4. The predicted molar refractivity (Wildman–Crippen MR) is 45.0 cm³/mol. The third-order valence-corrected chi connectivity index (χ3v) is 1.59. The fourth-order valence-corrected chi connectivity index (χ4v) is 0.818. The first-order valence-corrected chi connectivity index (χ1v) is 3.68. The smallest absolute Gasteiger partial charge is 0.335 e. The van der Waals surface area contributed by atoms with Crippen molar-refractivity contribution in [2.45, 2.75) is 12.2 Å². The first-order chi connectivity index (χ1) is 6.52. The molecule has 1 heterocycles. The van der Waals surface area contributed by atoms with Crippen LogP contribution in [0.15, 0.2) is 12.4 Å². The van der Waals surface area contributed by atoms with Crippen LogP contribution >= 0.6 is 0 Å². The highest BCUT2D eigenvalue weighted by atomic mass is 16.4. The largest absolute Gasteiger partial charge is 0.479 e. The molecule has 1 rings (SSSR count). The topological polar surface area (TPSA) is 130 Å². The van der Waals surface area contributed by atoms with Gasteiger partial charge in [0.1, 0.15) is 6.10 Å². The van der Waals surface area contributed by atoms with Crippen LogP contribution in [0, 0.1) is 0 Å². The normalized spacial score (nSPS) is 14.7. The van der Waals surface area contributed by atoms with Crippen LogP contribution in [0.5, 0.6) is 0 Å². The number of aliphatic carboxylic acids is 1. The second kappa shape index (κ2) is 3.99. The van der Waals surface area contributed by atoms with Crippen LogP contribution in [0.3, 0.4) is 0 Å². The molecule has 1 aromatic rings. The molecule has 0 saturated heterocycles. The molecule has 76 valence electrons. The zero-order valence-electron chi connectivity index (χ0n) is 7.03. The monoisotopic (exact) mass is 199 g/mol. The van der Waals surface area contributed by atoms with Crippen molar-refractivity contribution >= 4 is 11.9 Å². The number of nitrogens with zero attached hydrogens (tertiary/aromatic N) is 2. The number of carboxylic acids is 1. The van der Waals surface area contributed by atoms with Crippen LogP contribution in [0.1, 0.15) is 11.7 Å². The van der Waals surface area contributed by atoms with Crippen LogP contribution in [0.4, 0.5) is 5.95 Å². The fourth-order valence-electron chi connectivity index (χ4n) is 0.818. The number of aliphatic hydroxyl groups is 2. The van der Waals surface area contributed by atoms with Gasteiger partial charge in [-0.15, -0.1) is 0 Å². The Bertz CT molecular complexity index is 326. The standard InChI is InChI=1S/C7H9N3O4/c8-7-9-1-3(2-10-7)4(11)5(12)6(13)14/h1-2,4-5,11-12H,(H,13,14)(H2,8,9,10). The van der Waals surface area contributed by atoms with E-state index in [0.717, 1.165) is 12.4 Å². The number of aliphatic hydroxyl groups excluding tert-OH is 2. The second-order valence-electron chi connectivity index (χ2n) is 2.60. The summed E-state index contributed by atoms with van der Waals surface area (Å²) in [5.74, 6) is -1.51. The van der Waals surface area contributed by atoms with E-state index in [2.05, 4.69) is 9.97 Å². The van der Waals surface area contributed by atoms with Crippen LogP contribution in [-0.2, 0) is 4.79 Å². The van der Waals surface area contributed by atoms with Crippen molar-refractivity contribution in [3.63, 3.8) is 0 Å². The zero-order valence-corrected chi connectivity index (χ0v) is 7.03. The number of aromatic nitrogens is 2. The van der Waals surface area contributed by atoms with Crippen molar-refractivity contribution in [2.24, 2.45) is 0 Å². The zero-order chi connectivity index (χ0) is 10.7. The maximum absolute atomic E-state index is 10.3. The number of carboxylic acid groups (broad SMARTS) is 1. The number of carbonyl (C=O) groups is 1. The van der Waals surface area contributed by atoms with Gasteiger partial charge in [0.25, 0.3) is 0 Å². The molecule has 2 unspecified atom stereocenters. The van der Waals surface area contributed by atoms with E-state index in [-0.39, 0.29) is 11.5 Å². The summed E-state index contributed by atoms with van der Waals surface area (Å²) < 4.78 is 0. The van der Waals surface area contributed by atoms with Gasteiger partial charge >= 0.3 is 5.97 Å². The van der Waals surface area contributed by atoms with Gasteiger partial charge in [-0.2, -0.15) is 0 Å². The minimum absolute atomic E-state index is 0.00534. The Balaban J connectivity index is 2.84. The Kier molecular flexibility index (Phi) is 2.95. The van der Waals surface area contributed by atoms with Crippen molar-refractivity contribution in [1.29, 1.82) is 0 Å². The maximum atomic E-state index is 10.3. The number of anilines is 1. The van der Waals surface area contributed by atoms with Gasteiger partial charge < -0.3 is 21.1 Å². The highest BCUT2D eigenvalue weighted by Gasteiger charge is 2.25. The number of rotatable bonds is 3. The molecule has 0 bridgehead atoms. The fraction of sp³-hybridized carbons (Fsp3) is 0.286. The Hall–Kier alpha value is -1.73. The molecule has 0 aliphatic carbocycles. The first-order valence-electron chi connectivity index (χ1n) is 3.68. The van der Waals surface area contributed by atoms with Gasteiger partial charge in [0, 0.05) is 18.0 Å². The van der Waals surface area contributed by atoms with Crippen LogP contribution in [0.25, 0.3) is 0 Å². The molecule has 1 aromatic heterocycles. The second-order valence-corrected chi connectivity index (χ2v) is 2.60. The quantitative estimate of drug-likeness (QED) is 0.468. The van der Waals surface area contributed by atoms with Crippen molar-refractivity contribution < 1.29 is 20.1 Å². The number of hydrogen-bond donors (Lipinski definition) is 4. The van der Waals surface area contributed by atoms with E-state index >= 15 is 0 Å².